The second-order valence-corrected chi connectivity index (χ2v) is 4.18. The van der Waals surface area contributed by atoms with Crippen LogP contribution in [0.5, 0.6) is 5.75 Å². The van der Waals surface area contributed by atoms with E-state index in [4.69, 9.17) is 9.15 Å². The highest BCUT2D eigenvalue weighted by Gasteiger charge is 2.30. The molecule has 2 aromatic rings. The lowest BCUT2D eigenvalue weighted by atomic mass is 10.2. The van der Waals surface area contributed by atoms with Crippen LogP contribution in [0.25, 0.3) is 0 Å². The maximum Gasteiger partial charge on any atom is 0.416 e. The molecule has 0 aliphatic carbocycles. The molecule has 1 aromatic carbocycles. The van der Waals surface area contributed by atoms with Crippen LogP contribution in [0.15, 0.2) is 47.3 Å². The number of rotatable bonds is 6. The summed E-state index contributed by atoms with van der Waals surface area (Å²) >= 11 is 0. The number of benzene rings is 1. The molecule has 3 nitrogen and oxygen atoms in total. The fourth-order valence-electron chi connectivity index (χ4n) is 1.63. The molecule has 2 rings (SSSR count). The van der Waals surface area contributed by atoms with Gasteiger partial charge in [-0.05, 0) is 24.3 Å². The summed E-state index contributed by atoms with van der Waals surface area (Å²) < 4.78 is 47.7. The molecule has 0 unspecified atom stereocenters. The average molecular weight is 285 g/mol. The molecule has 0 saturated carbocycles. The Labute approximate surface area is 114 Å². The smallest absolute Gasteiger partial charge is 0.416 e. The van der Waals surface area contributed by atoms with E-state index in [-0.39, 0.29) is 5.75 Å². The first-order chi connectivity index (χ1) is 9.55. The fourth-order valence-corrected chi connectivity index (χ4v) is 1.63. The number of alkyl halides is 3. The Kier molecular flexibility index (Phi) is 4.68. The fraction of sp³-hybridized carbons (Fsp3) is 0.286. The first-order valence-electron chi connectivity index (χ1n) is 6.07. The first kappa shape index (κ1) is 14.5. The van der Waals surface area contributed by atoms with Gasteiger partial charge in [-0.15, -0.1) is 0 Å². The SMILES string of the molecule is FC(F)(F)c1cccc(OCCNCc2ccoc2)c1. The van der Waals surface area contributed by atoms with Crippen molar-refractivity contribution < 1.29 is 22.3 Å². The number of halogens is 3. The van der Waals surface area contributed by atoms with Crippen LogP contribution in [0.3, 0.4) is 0 Å². The zero-order valence-electron chi connectivity index (χ0n) is 10.6. The van der Waals surface area contributed by atoms with Crippen LogP contribution in [0, 0.1) is 0 Å². The van der Waals surface area contributed by atoms with Gasteiger partial charge in [-0.1, -0.05) is 6.07 Å². The highest BCUT2D eigenvalue weighted by atomic mass is 19.4. The van der Waals surface area contributed by atoms with Gasteiger partial charge in [0.25, 0.3) is 0 Å². The molecule has 0 amide bonds. The maximum atomic E-state index is 12.5. The second-order valence-electron chi connectivity index (χ2n) is 4.18. The molecule has 1 N–H and O–H groups in total. The Morgan fingerprint density at radius 3 is 2.75 bits per heavy atom. The standard InChI is InChI=1S/C14H14F3NO2/c15-14(16,17)12-2-1-3-13(8-12)20-7-5-18-9-11-4-6-19-10-11/h1-4,6,8,10,18H,5,7,9H2. The van der Waals surface area contributed by atoms with Gasteiger partial charge >= 0.3 is 6.18 Å². The zero-order chi connectivity index (χ0) is 14.4. The summed E-state index contributed by atoms with van der Waals surface area (Å²) in [5, 5.41) is 3.10. The molecule has 0 atom stereocenters. The quantitative estimate of drug-likeness (QED) is 0.825. The molecule has 0 aliphatic rings. The molecule has 0 fully saturated rings. The third kappa shape index (κ3) is 4.31. The Hall–Kier alpha value is -1.95. The molecular formula is C14H14F3NO2. The minimum Gasteiger partial charge on any atom is -0.492 e. The van der Waals surface area contributed by atoms with E-state index in [1.165, 1.54) is 12.1 Å². The lowest BCUT2D eigenvalue weighted by molar-refractivity contribution is -0.137. The maximum absolute atomic E-state index is 12.5. The van der Waals surface area contributed by atoms with Gasteiger partial charge in [0.15, 0.2) is 0 Å². The van der Waals surface area contributed by atoms with Crippen molar-refractivity contribution in [2.45, 2.75) is 12.7 Å². The lowest BCUT2D eigenvalue weighted by Crippen LogP contribution is -2.20. The van der Waals surface area contributed by atoms with E-state index in [2.05, 4.69) is 5.32 Å². The Morgan fingerprint density at radius 2 is 2.05 bits per heavy atom. The van der Waals surface area contributed by atoms with Crippen LogP contribution in [0.1, 0.15) is 11.1 Å². The normalized spacial score (nSPS) is 11.6. The first-order valence-corrected chi connectivity index (χ1v) is 6.07. The van der Waals surface area contributed by atoms with E-state index in [0.29, 0.717) is 19.7 Å². The van der Waals surface area contributed by atoms with Gasteiger partial charge in [0.05, 0.1) is 18.1 Å². The summed E-state index contributed by atoms with van der Waals surface area (Å²) in [6.07, 6.45) is -1.14. The van der Waals surface area contributed by atoms with Crippen molar-refractivity contribution in [1.82, 2.24) is 5.32 Å². The van der Waals surface area contributed by atoms with Crippen LogP contribution in [-0.4, -0.2) is 13.2 Å². The van der Waals surface area contributed by atoms with Gasteiger partial charge in [0.2, 0.25) is 0 Å². The molecule has 20 heavy (non-hydrogen) atoms. The summed E-state index contributed by atoms with van der Waals surface area (Å²) in [7, 11) is 0. The van der Waals surface area contributed by atoms with Crippen molar-refractivity contribution in [3.63, 3.8) is 0 Å². The Bertz CT molecular complexity index is 523. The molecule has 1 aromatic heterocycles. The summed E-state index contributed by atoms with van der Waals surface area (Å²) in [4.78, 5) is 0. The van der Waals surface area contributed by atoms with Crippen LogP contribution >= 0.6 is 0 Å². The molecule has 1 heterocycles. The van der Waals surface area contributed by atoms with Gasteiger partial charge in [-0.2, -0.15) is 13.2 Å². The average Bonchev–Trinajstić information content (AvgIpc) is 2.91. The molecule has 0 saturated heterocycles. The van der Waals surface area contributed by atoms with Crippen LogP contribution in [-0.2, 0) is 12.7 Å². The summed E-state index contributed by atoms with van der Waals surface area (Å²) in [6.45, 7) is 1.45. The van der Waals surface area contributed by atoms with Crippen LogP contribution < -0.4 is 10.1 Å². The van der Waals surface area contributed by atoms with Crippen molar-refractivity contribution in [3.8, 4) is 5.75 Å². The lowest BCUT2D eigenvalue weighted by Gasteiger charge is -2.10. The van der Waals surface area contributed by atoms with Crippen molar-refractivity contribution in [2.75, 3.05) is 13.2 Å². The summed E-state index contributed by atoms with van der Waals surface area (Å²) in [5.74, 6) is 0.213. The van der Waals surface area contributed by atoms with E-state index in [1.54, 1.807) is 12.5 Å². The number of hydrogen-bond acceptors (Lipinski definition) is 3. The highest BCUT2D eigenvalue weighted by Crippen LogP contribution is 2.31. The van der Waals surface area contributed by atoms with E-state index in [0.717, 1.165) is 17.7 Å². The topological polar surface area (TPSA) is 34.4 Å². The van der Waals surface area contributed by atoms with Crippen molar-refractivity contribution in [3.05, 3.63) is 54.0 Å². The highest BCUT2D eigenvalue weighted by molar-refractivity contribution is 5.30. The number of nitrogens with one attached hydrogen (secondary N) is 1. The Balaban J connectivity index is 1.74. The Morgan fingerprint density at radius 1 is 1.20 bits per heavy atom. The molecular weight excluding hydrogens is 271 g/mol. The molecule has 108 valence electrons. The van der Waals surface area contributed by atoms with Gasteiger partial charge in [-0.3, -0.25) is 0 Å². The van der Waals surface area contributed by atoms with Crippen LogP contribution in [0.2, 0.25) is 0 Å². The summed E-state index contributed by atoms with van der Waals surface area (Å²) in [5.41, 5.74) is 0.297. The monoisotopic (exact) mass is 285 g/mol. The molecule has 6 heteroatoms. The molecule has 0 bridgehead atoms. The van der Waals surface area contributed by atoms with Crippen molar-refractivity contribution >= 4 is 0 Å². The van der Waals surface area contributed by atoms with E-state index in [1.807, 2.05) is 6.07 Å². The number of hydrogen-bond donors (Lipinski definition) is 1. The number of furan rings is 1. The second kappa shape index (κ2) is 6.47. The van der Waals surface area contributed by atoms with Gasteiger partial charge in [0, 0.05) is 18.7 Å². The predicted molar refractivity (Wildman–Crippen MR) is 67.4 cm³/mol. The largest absolute Gasteiger partial charge is 0.492 e. The molecule has 0 aliphatic heterocycles. The van der Waals surface area contributed by atoms with E-state index < -0.39 is 11.7 Å². The minimum absolute atomic E-state index is 0.213. The van der Waals surface area contributed by atoms with Crippen molar-refractivity contribution in [1.29, 1.82) is 0 Å². The number of ether oxygens (including phenoxy) is 1. The molecule has 0 spiro atoms. The summed E-state index contributed by atoms with van der Waals surface area (Å²) in [6, 6.07) is 6.68. The zero-order valence-corrected chi connectivity index (χ0v) is 10.6. The van der Waals surface area contributed by atoms with Gasteiger partial charge < -0.3 is 14.5 Å². The third-order valence-electron chi connectivity index (χ3n) is 2.62. The third-order valence-corrected chi connectivity index (χ3v) is 2.62. The van der Waals surface area contributed by atoms with Crippen molar-refractivity contribution in [2.24, 2.45) is 0 Å². The van der Waals surface area contributed by atoms with E-state index >= 15 is 0 Å². The molecule has 0 radical (unpaired) electrons. The van der Waals surface area contributed by atoms with Crippen LogP contribution in [0.4, 0.5) is 13.2 Å². The van der Waals surface area contributed by atoms with Gasteiger partial charge in [0.1, 0.15) is 12.4 Å². The predicted octanol–water partition coefficient (Wildman–Crippen LogP) is 3.47. The minimum atomic E-state index is -4.35. The van der Waals surface area contributed by atoms with E-state index in [9.17, 15) is 13.2 Å². The van der Waals surface area contributed by atoms with Gasteiger partial charge in [-0.25, -0.2) is 0 Å².